The lowest BCUT2D eigenvalue weighted by atomic mass is 10.1. The van der Waals surface area contributed by atoms with Gasteiger partial charge in [-0.15, -0.1) is 0 Å². The highest BCUT2D eigenvalue weighted by Crippen LogP contribution is 2.33. The van der Waals surface area contributed by atoms with Gasteiger partial charge in [0.2, 0.25) is 0 Å². The van der Waals surface area contributed by atoms with Crippen LogP contribution in [0.4, 0.5) is 4.39 Å². The number of halogens is 1. The van der Waals surface area contributed by atoms with E-state index in [9.17, 15) is 9.18 Å². The standard InChI is InChI=1S/C22H20FN3O4/c1-13(27)9-14-3-5-15(6-4-14)18-11-21(30-26-18)22-16-10-17(23)20(29-8-7-28-2)12-19(16)24-25-22/h3-6,10-12H,7-9H2,1-2H3,(H,24,25). The molecule has 1 N–H and O–H groups in total. The number of benzene rings is 2. The molecule has 0 fully saturated rings. The maximum Gasteiger partial charge on any atom is 0.188 e. The quantitative estimate of drug-likeness (QED) is 0.439. The second-order valence-corrected chi connectivity index (χ2v) is 6.89. The van der Waals surface area contributed by atoms with E-state index in [0.717, 1.165) is 11.1 Å². The first-order chi connectivity index (χ1) is 14.5. The molecule has 30 heavy (non-hydrogen) atoms. The van der Waals surface area contributed by atoms with Crippen LogP contribution >= 0.6 is 0 Å². The molecule has 4 aromatic rings. The Labute approximate surface area is 171 Å². The number of aromatic amines is 1. The van der Waals surface area contributed by atoms with Crippen LogP contribution in [0.5, 0.6) is 5.75 Å². The van der Waals surface area contributed by atoms with E-state index in [1.54, 1.807) is 26.2 Å². The Hall–Kier alpha value is -3.52. The molecule has 7 nitrogen and oxygen atoms in total. The van der Waals surface area contributed by atoms with Crippen molar-refractivity contribution in [2.45, 2.75) is 13.3 Å². The summed E-state index contributed by atoms with van der Waals surface area (Å²) in [5.74, 6) is 0.147. The van der Waals surface area contributed by atoms with Gasteiger partial charge in [0.25, 0.3) is 0 Å². The number of ether oxygens (including phenoxy) is 2. The molecule has 0 unspecified atom stereocenters. The summed E-state index contributed by atoms with van der Waals surface area (Å²) in [6.07, 6.45) is 0.395. The number of hydrogen-bond acceptors (Lipinski definition) is 6. The Morgan fingerprint density at radius 2 is 1.97 bits per heavy atom. The molecule has 8 heteroatoms. The first-order valence-electron chi connectivity index (χ1n) is 9.40. The minimum absolute atomic E-state index is 0.108. The molecule has 4 rings (SSSR count). The van der Waals surface area contributed by atoms with Gasteiger partial charge in [0, 0.05) is 36.6 Å². The highest BCUT2D eigenvalue weighted by atomic mass is 19.1. The van der Waals surface area contributed by atoms with Crippen LogP contribution < -0.4 is 4.74 Å². The van der Waals surface area contributed by atoms with Crippen molar-refractivity contribution in [3.63, 3.8) is 0 Å². The zero-order valence-corrected chi connectivity index (χ0v) is 16.6. The Balaban J connectivity index is 1.60. The number of rotatable bonds is 8. The maximum atomic E-state index is 14.4. The van der Waals surface area contributed by atoms with Crippen molar-refractivity contribution in [2.75, 3.05) is 20.3 Å². The maximum absolute atomic E-state index is 14.4. The van der Waals surface area contributed by atoms with Crippen molar-refractivity contribution in [3.05, 3.63) is 53.8 Å². The van der Waals surface area contributed by atoms with E-state index in [2.05, 4.69) is 15.4 Å². The van der Waals surface area contributed by atoms with Crippen molar-refractivity contribution < 1.29 is 23.2 Å². The van der Waals surface area contributed by atoms with Crippen molar-refractivity contribution in [2.24, 2.45) is 0 Å². The zero-order valence-electron chi connectivity index (χ0n) is 16.6. The van der Waals surface area contributed by atoms with Crippen LogP contribution in [-0.4, -0.2) is 41.5 Å². The summed E-state index contributed by atoms with van der Waals surface area (Å²) >= 11 is 0. The predicted octanol–water partition coefficient (Wildman–Crippen LogP) is 4.18. The van der Waals surface area contributed by atoms with Gasteiger partial charge >= 0.3 is 0 Å². The Morgan fingerprint density at radius 3 is 2.70 bits per heavy atom. The van der Waals surface area contributed by atoms with Crippen LogP contribution in [0.1, 0.15) is 12.5 Å². The summed E-state index contributed by atoms with van der Waals surface area (Å²) in [5, 5.41) is 11.8. The molecular formula is C22H20FN3O4. The van der Waals surface area contributed by atoms with Crippen LogP contribution in [0.3, 0.4) is 0 Å². The number of methoxy groups -OCH3 is 1. The minimum Gasteiger partial charge on any atom is -0.488 e. The van der Waals surface area contributed by atoms with Crippen molar-refractivity contribution >= 4 is 16.7 Å². The van der Waals surface area contributed by atoms with Gasteiger partial charge in [-0.3, -0.25) is 9.89 Å². The minimum atomic E-state index is -0.498. The first-order valence-corrected chi connectivity index (χ1v) is 9.40. The van der Waals surface area contributed by atoms with Gasteiger partial charge < -0.3 is 14.0 Å². The van der Waals surface area contributed by atoms with E-state index in [0.29, 0.717) is 41.1 Å². The number of fused-ring (bicyclic) bond motifs is 1. The molecule has 0 aliphatic rings. The normalized spacial score (nSPS) is 11.2. The molecule has 0 saturated heterocycles. The molecule has 0 radical (unpaired) electrons. The number of Topliss-reactive ketones (excluding diaryl/α,β-unsaturated/α-hetero) is 1. The molecular weight excluding hydrogens is 389 g/mol. The fourth-order valence-corrected chi connectivity index (χ4v) is 3.16. The number of nitrogens with one attached hydrogen (secondary N) is 1. The molecule has 0 saturated carbocycles. The third kappa shape index (κ3) is 4.08. The molecule has 154 valence electrons. The van der Waals surface area contributed by atoms with Gasteiger partial charge in [0.1, 0.15) is 23.8 Å². The molecule has 0 spiro atoms. The number of aromatic nitrogens is 3. The second kappa shape index (κ2) is 8.46. The van der Waals surface area contributed by atoms with E-state index in [1.165, 1.54) is 6.07 Å². The van der Waals surface area contributed by atoms with E-state index >= 15 is 0 Å². The van der Waals surface area contributed by atoms with Gasteiger partial charge in [0.15, 0.2) is 17.3 Å². The van der Waals surface area contributed by atoms with E-state index in [1.807, 2.05) is 24.3 Å². The average Bonchev–Trinajstić information content (AvgIpc) is 3.35. The number of carbonyl (C=O) groups is 1. The lowest BCUT2D eigenvalue weighted by Crippen LogP contribution is -2.05. The summed E-state index contributed by atoms with van der Waals surface area (Å²) in [6.45, 7) is 2.17. The van der Waals surface area contributed by atoms with E-state index in [4.69, 9.17) is 14.0 Å². The predicted molar refractivity (Wildman–Crippen MR) is 109 cm³/mol. The Bertz CT molecular complexity index is 1180. The largest absolute Gasteiger partial charge is 0.488 e. The second-order valence-electron chi connectivity index (χ2n) is 6.89. The van der Waals surface area contributed by atoms with Gasteiger partial charge in [-0.25, -0.2) is 4.39 Å². The fraction of sp³-hybridized carbons (Fsp3) is 0.227. The molecule has 2 heterocycles. The zero-order chi connectivity index (χ0) is 21.1. The smallest absolute Gasteiger partial charge is 0.188 e. The number of nitrogens with zero attached hydrogens (tertiary/aromatic N) is 2. The van der Waals surface area contributed by atoms with Crippen LogP contribution in [0, 0.1) is 5.82 Å². The van der Waals surface area contributed by atoms with E-state index in [-0.39, 0.29) is 18.1 Å². The summed E-state index contributed by atoms with van der Waals surface area (Å²) in [6, 6.07) is 12.2. The topological polar surface area (TPSA) is 90.2 Å². The molecule has 0 aliphatic heterocycles. The molecule has 2 aromatic carbocycles. The molecule has 0 aliphatic carbocycles. The van der Waals surface area contributed by atoms with Gasteiger partial charge in [0.05, 0.1) is 12.1 Å². The lowest BCUT2D eigenvalue weighted by molar-refractivity contribution is -0.116. The SMILES string of the molecule is COCCOc1cc2[nH]nc(-c3cc(-c4ccc(CC(C)=O)cc4)no3)c2cc1F. The average molecular weight is 409 g/mol. The third-order valence-corrected chi connectivity index (χ3v) is 4.61. The monoisotopic (exact) mass is 409 g/mol. The Kier molecular flexibility index (Phi) is 5.58. The van der Waals surface area contributed by atoms with Gasteiger partial charge in [-0.2, -0.15) is 5.10 Å². The molecule has 0 amide bonds. The van der Waals surface area contributed by atoms with Crippen molar-refractivity contribution in [3.8, 4) is 28.5 Å². The molecule has 0 bridgehead atoms. The molecule has 2 aromatic heterocycles. The van der Waals surface area contributed by atoms with Crippen LogP contribution in [0.15, 0.2) is 47.0 Å². The van der Waals surface area contributed by atoms with Gasteiger partial charge in [-0.05, 0) is 18.6 Å². The highest BCUT2D eigenvalue weighted by molar-refractivity contribution is 5.93. The van der Waals surface area contributed by atoms with Crippen LogP contribution in [-0.2, 0) is 16.0 Å². The van der Waals surface area contributed by atoms with Crippen molar-refractivity contribution in [1.82, 2.24) is 15.4 Å². The number of carbonyl (C=O) groups excluding carboxylic acids is 1. The van der Waals surface area contributed by atoms with Crippen molar-refractivity contribution in [1.29, 1.82) is 0 Å². The molecule has 0 atom stereocenters. The van der Waals surface area contributed by atoms with Crippen LogP contribution in [0.2, 0.25) is 0 Å². The number of H-pyrrole nitrogens is 1. The number of ketones is 1. The third-order valence-electron chi connectivity index (χ3n) is 4.61. The highest BCUT2D eigenvalue weighted by Gasteiger charge is 2.17. The number of hydrogen-bond donors (Lipinski definition) is 1. The summed E-state index contributed by atoms with van der Waals surface area (Å²) in [5.41, 5.74) is 3.48. The summed E-state index contributed by atoms with van der Waals surface area (Å²) < 4.78 is 30.2. The van der Waals surface area contributed by atoms with E-state index < -0.39 is 5.82 Å². The lowest BCUT2D eigenvalue weighted by Gasteiger charge is -2.06. The van der Waals surface area contributed by atoms with Crippen LogP contribution in [0.25, 0.3) is 33.6 Å². The summed E-state index contributed by atoms with van der Waals surface area (Å²) in [7, 11) is 1.55. The first kappa shape index (κ1) is 19.8. The summed E-state index contributed by atoms with van der Waals surface area (Å²) in [4.78, 5) is 11.2. The van der Waals surface area contributed by atoms with Gasteiger partial charge in [-0.1, -0.05) is 29.4 Å². The Morgan fingerprint density at radius 1 is 1.17 bits per heavy atom. The fourth-order valence-electron chi connectivity index (χ4n) is 3.16.